The van der Waals surface area contributed by atoms with E-state index < -0.39 is 12.1 Å². The van der Waals surface area contributed by atoms with Crippen molar-refractivity contribution in [3.05, 3.63) is 17.6 Å². The number of hydrogen-bond acceptors (Lipinski definition) is 6. The summed E-state index contributed by atoms with van der Waals surface area (Å²) in [4.78, 5) is 10.8. The number of rotatable bonds is 6. The molecule has 8 nitrogen and oxygen atoms in total. The molecule has 0 bridgehead atoms. The first-order chi connectivity index (χ1) is 9.51. The fourth-order valence-electron chi connectivity index (χ4n) is 1.98. The number of aryl methyl sites for hydroxylation is 2. The number of ether oxygens (including phenoxy) is 1. The molecule has 1 unspecified atom stereocenters. The summed E-state index contributed by atoms with van der Waals surface area (Å²) in [5.41, 5.74) is 0.790. The average Bonchev–Trinajstić information content (AvgIpc) is 2.94. The molecule has 0 aromatic carbocycles. The van der Waals surface area contributed by atoms with Crippen molar-refractivity contribution in [1.82, 2.24) is 20.2 Å². The Balaban J connectivity index is 2.24. The van der Waals surface area contributed by atoms with Crippen LogP contribution in [0.5, 0.6) is 0 Å². The van der Waals surface area contributed by atoms with Crippen LogP contribution in [0.3, 0.4) is 0 Å². The van der Waals surface area contributed by atoms with Crippen molar-refractivity contribution >= 4 is 5.97 Å². The molecule has 8 heteroatoms. The molecule has 0 radical (unpaired) electrons. The predicted octanol–water partition coefficient (Wildman–Crippen LogP) is 1.04. The zero-order valence-electron chi connectivity index (χ0n) is 11.5. The highest BCUT2D eigenvalue weighted by atomic mass is 16.5. The Morgan fingerprint density at radius 1 is 1.55 bits per heavy atom. The van der Waals surface area contributed by atoms with E-state index in [0.29, 0.717) is 11.6 Å². The first kappa shape index (κ1) is 14.2. The smallest absolute Gasteiger partial charge is 0.306 e. The summed E-state index contributed by atoms with van der Waals surface area (Å²) >= 11 is 0. The van der Waals surface area contributed by atoms with E-state index in [9.17, 15) is 4.79 Å². The topological polar surface area (TPSA) is 103 Å². The minimum atomic E-state index is -0.929. The number of carboxylic acids is 1. The van der Waals surface area contributed by atoms with E-state index in [1.807, 2.05) is 19.9 Å². The highest BCUT2D eigenvalue weighted by molar-refractivity contribution is 5.67. The van der Waals surface area contributed by atoms with Crippen molar-refractivity contribution < 1.29 is 19.1 Å². The zero-order valence-corrected chi connectivity index (χ0v) is 11.5. The Hall–Kier alpha value is -2.22. The summed E-state index contributed by atoms with van der Waals surface area (Å²) in [6.45, 7) is 3.92. The first-order valence-electron chi connectivity index (χ1n) is 6.09. The third kappa shape index (κ3) is 3.02. The molecule has 0 aliphatic heterocycles. The van der Waals surface area contributed by atoms with Crippen molar-refractivity contribution in [2.75, 3.05) is 7.11 Å². The second kappa shape index (κ2) is 5.83. The molecule has 0 aliphatic carbocycles. The van der Waals surface area contributed by atoms with Crippen LogP contribution in [0.15, 0.2) is 10.5 Å². The van der Waals surface area contributed by atoms with E-state index in [2.05, 4.69) is 15.5 Å². The summed E-state index contributed by atoms with van der Waals surface area (Å²) in [7, 11) is 1.46. The van der Waals surface area contributed by atoms with E-state index in [1.54, 1.807) is 0 Å². The van der Waals surface area contributed by atoms with Gasteiger partial charge in [0.2, 0.25) is 0 Å². The number of carbonyl (C=O) groups is 1. The minimum Gasteiger partial charge on any atom is -0.481 e. The van der Waals surface area contributed by atoms with Crippen LogP contribution >= 0.6 is 0 Å². The van der Waals surface area contributed by atoms with Gasteiger partial charge in [0, 0.05) is 7.11 Å². The SMILES string of the molecule is COC(CC(=O)O)Cn1nnnc1-c1cc(C)oc1C. The number of hydrogen-bond donors (Lipinski definition) is 1. The van der Waals surface area contributed by atoms with Crippen LogP contribution in [-0.4, -0.2) is 44.5 Å². The van der Waals surface area contributed by atoms with E-state index in [0.717, 1.165) is 11.3 Å². The highest BCUT2D eigenvalue weighted by Gasteiger charge is 2.19. The molecule has 1 atom stereocenters. The monoisotopic (exact) mass is 280 g/mol. The molecule has 2 rings (SSSR count). The molecule has 0 spiro atoms. The van der Waals surface area contributed by atoms with Crippen LogP contribution in [-0.2, 0) is 16.1 Å². The molecule has 0 saturated carbocycles. The molecule has 2 heterocycles. The molecule has 0 aliphatic rings. The van der Waals surface area contributed by atoms with Crippen LogP contribution in [0.4, 0.5) is 0 Å². The van der Waals surface area contributed by atoms with Crippen molar-refractivity contribution in [3.63, 3.8) is 0 Å². The molecule has 0 amide bonds. The van der Waals surface area contributed by atoms with Gasteiger partial charge < -0.3 is 14.3 Å². The molecular weight excluding hydrogens is 264 g/mol. The second-order valence-electron chi connectivity index (χ2n) is 4.47. The largest absolute Gasteiger partial charge is 0.481 e. The maximum absolute atomic E-state index is 10.8. The normalized spacial score (nSPS) is 12.6. The van der Waals surface area contributed by atoms with Gasteiger partial charge in [-0.1, -0.05) is 0 Å². The van der Waals surface area contributed by atoms with Gasteiger partial charge in [0.25, 0.3) is 0 Å². The van der Waals surface area contributed by atoms with Crippen molar-refractivity contribution in [2.45, 2.75) is 32.9 Å². The van der Waals surface area contributed by atoms with E-state index >= 15 is 0 Å². The highest BCUT2D eigenvalue weighted by Crippen LogP contribution is 2.24. The third-order valence-electron chi connectivity index (χ3n) is 2.93. The number of furan rings is 1. The number of aliphatic carboxylic acids is 1. The summed E-state index contributed by atoms with van der Waals surface area (Å²) in [5.74, 6) is 1.08. The van der Waals surface area contributed by atoms with Crippen molar-refractivity contribution in [2.24, 2.45) is 0 Å². The lowest BCUT2D eigenvalue weighted by molar-refractivity contribution is -0.140. The second-order valence-corrected chi connectivity index (χ2v) is 4.47. The van der Waals surface area contributed by atoms with Crippen LogP contribution in [0.1, 0.15) is 17.9 Å². The summed E-state index contributed by atoms with van der Waals surface area (Å²) in [6, 6.07) is 1.84. The van der Waals surface area contributed by atoms with Crippen LogP contribution in [0.2, 0.25) is 0 Å². The zero-order chi connectivity index (χ0) is 14.7. The minimum absolute atomic E-state index is 0.112. The van der Waals surface area contributed by atoms with Gasteiger partial charge in [0.1, 0.15) is 11.5 Å². The predicted molar refractivity (Wildman–Crippen MR) is 68.0 cm³/mol. The average molecular weight is 280 g/mol. The van der Waals surface area contributed by atoms with Gasteiger partial charge in [-0.2, -0.15) is 0 Å². The maximum atomic E-state index is 10.8. The van der Waals surface area contributed by atoms with Gasteiger partial charge in [-0.15, -0.1) is 5.10 Å². The Morgan fingerprint density at radius 3 is 2.85 bits per heavy atom. The number of carboxylic acid groups (broad SMARTS) is 1. The molecule has 20 heavy (non-hydrogen) atoms. The Labute approximate surface area is 115 Å². The van der Waals surface area contributed by atoms with Crippen LogP contribution in [0, 0.1) is 13.8 Å². The molecular formula is C12H16N4O4. The van der Waals surface area contributed by atoms with Gasteiger partial charge in [-0.05, 0) is 30.3 Å². The fraction of sp³-hybridized carbons (Fsp3) is 0.500. The Morgan fingerprint density at radius 2 is 2.30 bits per heavy atom. The molecule has 0 fully saturated rings. The molecule has 0 saturated heterocycles. The van der Waals surface area contributed by atoms with E-state index in [-0.39, 0.29) is 13.0 Å². The van der Waals surface area contributed by atoms with Crippen molar-refractivity contribution in [1.29, 1.82) is 0 Å². The number of methoxy groups -OCH3 is 1. The number of nitrogens with zero attached hydrogens (tertiary/aromatic N) is 4. The van der Waals surface area contributed by atoms with Gasteiger partial charge in [0.05, 0.1) is 24.6 Å². The van der Waals surface area contributed by atoms with E-state index in [1.165, 1.54) is 11.8 Å². The van der Waals surface area contributed by atoms with Crippen LogP contribution < -0.4 is 0 Å². The lowest BCUT2D eigenvalue weighted by Crippen LogP contribution is -2.23. The maximum Gasteiger partial charge on any atom is 0.306 e. The molecule has 2 aromatic rings. The quantitative estimate of drug-likeness (QED) is 0.843. The van der Waals surface area contributed by atoms with Gasteiger partial charge in [-0.3, -0.25) is 4.79 Å². The Kier molecular flexibility index (Phi) is 4.14. The fourth-order valence-corrected chi connectivity index (χ4v) is 1.98. The van der Waals surface area contributed by atoms with E-state index in [4.69, 9.17) is 14.3 Å². The third-order valence-corrected chi connectivity index (χ3v) is 2.93. The lowest BCUT2D eigenvalue weighted by Gasteiger charge is -2.13. The molecule has 108 valence electrons. The van der Waals surface area contributed by atoms with Gasteiger partial charge in [0.15, 0.2) is 5.82 Å². The lowest BCUT2D eigenvalue weighted by atomic mass is 10.2. The standard InChI is InChI=1S/C12H16N4O4/c1-7-4-10(8(2)20-7)12-13-14-15-16(12)6-9(19-3)5-11(17)18/h4,9H,5-6H2,1-3H3,(H,17,18). The number of aromatic nitrogens is 4. The summed E-state index contributed by atoms with van der Waals surface area (Å²) in [6.07, 6.45) is -0.609. The molecule has 1 N–H and O–H groups in total. The van der Waals surface area contributed by atoms with Crippen molar-refractivity contribution in [3.8, 4) is 11.4 Å². The Bertz CT molecular complexity index is 604. The van der Waals surface area contributed by atoms with Gasteiger partial charge >= 0.3 is 5.97 Å². The summed E-state index contributed by atoms with van der Waals surface area (Å²) in [5, 5.41) is 20.3. The number of tetrazole rings is 1. The van der Waals surface area contributed by atoms with Gasteiger partial charge in [-0.25, -0.2) is 4.68 Å². The summed E-state index contributed by atoms with van der Waals surface area (Å²) < 4.78 is 12.1. The molecule has 2 aromatic heterocycles. The van der Waals surface area contributed by atoms with Crippen LogP contribution in [0.25, 0.3) is 11.4 Å². The first-order valence-corrected chi connectivity index (χ1v) is 6.09.